The summed E-state index contributed by atoms with van der Waals surface area (Å²) < 4.78 is 0. The maximum absolute atomic E-state index is 12.2. The molecule has 1 amide bonds. The Kier molecular flexibility index (Phi) is 10.2. The quantitative estimate of drug-likeness (QED) is 0.727. The Morgan fingerprint density at radius 3 is 2.31 bits per heavy atom. The van der Waals surface area contributed by atoms with E-state index in [1.54, 1.807) is 0 Å². The molecule has 148 valence electrons. The van der Waals surface area contributed by atoms with Gasteiger partial charge in [-0.3, -0.25) is 9.69 Å². The highest BCUT2D eigenvalue weighted by atomic mass is 35.5. The smallest absolute Gasteiger partial charge is 0.234 e. The fourth-order valence-corrected chi connectivity index (χ4v) is 3.97. The van der Waals surface area contributed by atoms with Crippen molar-refractivity contribution in [3.05, 3.63) is 34.4 Å². The Balaban J connectivity index is 0.00000338. The third kappa shape index (κ3) is 7.26. The van der Waals surface area contributed by atoms with Crippen molar-refractivity contribution in [2.45, 2.75) is 46.5 Å². The fraction of sp³-hybridized carbons (Fsp3) is 0.667. The topological polar surface area (TPSA) is 44.4 Å². The predicted octanol–water partition coefficient (Wildman–Crippen LogP) is 3.01. The number of nitrogens with zero attached hydrogens (tertiary/aromatic N) is 1. The number of carbonyl (C=O) groups excluding carboxylic acids is 1. The zero-order valence-corrected chi connectivity index (χ0v) is 17.7. The van der Waals surface area contributed by atoms with E-state index in [0.717, 1.165) is 38.5 Å². The van der Waals surface area contributed by atoms with Crippen LogP contribution in [0.2, 0.25) is 0 Å². The first-order valence-electron chi connectivity index (χ1n) is 9.70. The summed E-state index contributed by atoms with van der Waals surface area (Å²) in [5, 5.41) is 6.33. The number of benzene rings is 1. The Labute approximate surface area is 165 Å². The summed E-state index contributed by atoms with van der Waals surface area (Å²) in [6.45, 7) is 10.9. The average molecular weight is 382 g/mol. The molecule has 1 aliphatic rings. The van der Waals surface area contributed by atoms with E-state index in [2.05, 4.69) is 48.4 Å². The van der Waals surface area contributed by atoms with Crippen LogP contribution in [0.15, 0.2) is 12.1 Å². The molecule has 2 rings (SSSR count). The van der Waals surface area contributed by atoms with Gasteiger partial charge in [0.05, 0.1) is 6.54 Å². The second-order valence-electron chi connectivity index (χ2n) is 7.59. The number of aryl methyl sites for hydroxylation is 3. The molecule has 0 spiro atoms. The summed E-state index contributed by atoms with van der Waals surface area (Å²) in [7, 11) is 2.01. The highest BCUT2D eigenvalue weighted by molar-refractivity contribution is 5.85. The van der Waals surface area contributed by atoms with E-state index in [1.165, 1.54) is 41.5 Å². The second-order valence-corrected chi connectivity index (χ2v) is 7.59. The molecule has 0 unspecified atom stereocenters. The molecule has 2 N–H and O–H groups in total. The van der Waals surface area contributed by atoms with Crippen molar-refractivity contribution < 1.29 is 4.79 Å². The third-order valence-corrected chi connectivity index (χ3v) is 5.41. The Bertz CT molecular complexity index is 545. The van der Waals surface area contributed by atoms with Gasteiger partial charge in [-0.05, 0) is 95.7 Å². The molecule has 1 saturated heterocycles. The summed E-state index contributed by atoms with van der Waals surface area (Å²) in [6.07, 6.45) is 4.61. The maximum atomic E-state index is 12.2. The van der Waals surface area contributed by atoms with Gasteiger partial charge in [0.15, 0.2) is 0 Å². The minimum atomic E-state index is 0. The lowest BCUT2D eigenvalue weighted by atomic mass is 9.93. The normalized spacial score (nSPS) is 15.5. The minimum Gasteiger partial charge on any atom is -0.355 e. The van der Waals surface area contributed by atoms with Crippen molar-refractivity contribution in [2.75, 3.05) is 39.8 Å². The van der Waals surface area contributed by atoms with Gasteiger partial charge in [-0.15, -0.1) is 12.4 Å². The van der Waals surface area contributed by atoms with E-state index in [-0.39, 0.29) is 18.3 Å². The van der Waals surface area contributed by atoms with Crippen LogP contribution in [0.3, 0.4) is 0 Å². The molecule has 1 aromatic carbocycles. The first-order chi connectivity index (χ1) is 12.0. The number of piperidine rings is 1. The molecule has 1 fully saturated rings. The molecule has 1 aliphatic heterocycles. The molecule has 0 aliphatic carbocycles. The SMILES string of the molecule is CNCCC1CCN(CC(=O)NCCc2c(C)cc(C)cc2C)CC1.Cl. The molecule has 1 aromatic rings. The Morgan fingerprint density at radius 1 is 1.12 bits per heavy atom. The number of hydrogen-bond donors (Lipinski definition) is 2. The van der Waals surface area contributed by atoms with Crippen LogP contribution in [-0.2, 0) is 11.2 Å². The third-order valence-electron chi connectivity index (χ3n) is 5.41. The number of likely N-dealkylation sites (tertiary alicyclic amines) is 1. The van der Waals surface area contributed by atoms with Gasteiger partial charge in [-0.25, -0.2) is 0 Å². The number of amides is 1. The molecular weight excluding hydrogens is 346 g/mol. The average Bonchev–Trinajstić information content (AvgIpc) is 2.56. The molecule has 0 radical (unpaired) electrons. The van der Waals surface area contributed by atoms with Gasteiger partial charge in [-0.1, -0.05) is 17.7 Å². The van der Waals surface area contributed by atoms with E-state index in [9.17, 15) is 4.79 Å². The summed E-state index contributed by atoms with van der Waals surface area (Å²) in [5.74, 6) is 0.982. The van der Waals surface area contributed by atoms with Crippen molar-refractivity contribution in [3.63, 3.8) is 0 Å². The molecule has 26 heavy (non-hydrogen) atoms. The van der Waals surface area contributed by atoms with Crippen LogP contribution in [0, 0.1) is 26.7 Å². The second kappa shape index (κ2) is 11.6. The van der Waals surface area contributed by atoms with Gasteiger partial charge in [0.1, 0.15) is 0 Å². The van der Waals surface area contributed by atoms with Gasteiger partial charge >= 0.3 is 0 Å². The van der Waals surface area contributed by atoms with Gasteiger partial charge < -0.3 is 10.6 Å². The molecule has 5 heteroatoms. The van der Waals surface area contributed by atoms with Crippen molar-refractivity contribution >= 4 is 18.3 Å². The van der Waals surface area contributed by atoms with Gasteiger partial charge in [0, 0.05) is 6.54 Å². The number of rotatable bonds is 8. The van der Waals surface area contributed by atoms with E-state index in [1.807, 2.05) is 7.05 Å². The van der Waals surface area contributed by atoms with Crippen LogP contribution in [0.4, 0.5) is 0 Å². The summed E-state index contributed by atoms with van der Waals surface area (Å²) in [6, 6.07) is 4.45. The molecule has 0 atom stereocenters. The van der Waals surface area contributed by atoms with Crippen molar-refractivity contribution in [1.29, 1.82) is 0 Å². The zero-order chi connectivity index (χ0) is 18.2. The van der Waals surface area contributed by atoms with Gasteiger partial charge in [0.25, 0.3) is 0 Å². The van der Waals surface area contributed by atoms with E-state index >= 15 is 0 Å². The van der Waals surface area contributed by atoms with E-state index in [4.69, 9.17) is 0 Å². The molecule has 0 bridgehead atoms. The van der Waals surface area contributed by atoms with Crippen LogP contribution < -0.4 is 10.6 Å². The molecule has 0 aromatic heterocycles. The van der Waals surface area contributed by atoms with Crippen molar-refractivity contribution in [3.8, 4) is 0 Å². The summed E-state index contributed by atoms with van der Waals surface area (Å²) in [5.41, 5.74) is 5.34. The molecule has 1 heterocycles. The maximum Gasteiger partial charge on any atom is 0.234 e. The monoisotopic (exact) mass is 381 g/mol. The largest absolute Gasteiger partial charge is 0.355 e. The summed E-state index contributed by atoms with van der Waals surface area (Å²) in [4.78, 5) is 14.5. The van der Waals surface area contributed by atoms with Gasteiger partial charge in [0.2, 0.25) is 5.91 Å². The van der Waals surface area contributed by atoms with E-state index in [0.29, 0.717) is 6.54 Å². The van der Waals surface area contributed by atoms with Crippen molar-refractivity contribution in [1.82, 2.24) is 15.5 Å². The van der Waals surface area contributed by atoms with Crippen LogP contribution in [0.5, 0.6) is 0 Å². The molecule has 4 nitrogen and oxygen atoms in total. The molecular formula is C21H36ClN3O. The lowest BCUT2D eigenvalue weighted by Gasteiger charge is -2.31. The zero-order valence-electron chi connectivity index (χ0n) is 16.9. The van der Waals surface area contributed by atoms with Crippen LogP contribution in [0.1, 0.15) is 41.5 Å². The number of hydrogen-bond acceptors (Lipinski definition) is 3. The summed E-state index contributed by atoms with van der Waals surface area (Å²) >= 11 is 0. The molecule has 0 saturated carbocycles. The highest BCUT2D eigenvalue weighted by Gasteiger charge is 2.20. The van der Waals surface area contributed by atoms with Crippen LogP contribution in [0.25, 0.3) is 0 Å². The highest BCUT2D eigenvalue weighted by Crippen LogP contribution is 2.19. The number of carbonyl (C=O) groups is 1. The lowest BCUT2D eigenvalue weighted by molar-refractivity contribution is -0.122. The van der Waals surface area contributed by atoms with Crippen molar-refractivity contribution in [2.24, 2.45) is 5.92 Å². The van der Waals surface area contributed by atoms with E-state index < -0.39 is 0 Å². The van der Waals surface area contributed by atoms with Crippen LogP contribution in [-0.4, -0.2) is 50.6 Å². The predicted molar refractivity (Wildman–Crippen MR) is 112 cm³/mol. The first-order valence-corrected chi connectivity index (χ1v) is 9.70. The van der Waals surface area contributed by atoms with Gasteiger partial charge in [-0.2, -0.15) is 0 Å². The Morgan fingerprint density at radius 2 is 1.73 bits per heavy atom. The lowest BCUT2D eigenvalue weighted by Crippen LogP contribution is -2.42. The number of nitrogens with one attached hydrogen (secondary N) is 2. The number of halogens is 1. The first kappa shape index (κ1) is 22.9. The minimum absolute atomic E-state index is 0. The van der Waals surface area contributed by atoms with Crippen LogP contribution >= 0.6 is 12.4 Å². The fourth-order valence-electron chi connectivity index (χ4n) is 3.97. The standard InChI is InChI=1S/C21H35N3O.ClH/c1-16-13-17(2)20(18(3)14-16)6-10-23-21(25)15-24-11-7-19(8-12-24)5-9-22-4;/h13-14,19,22H,5-12,15H2,1-4H3,(H,23,25);1H. The Hall–Kier alpha value is -1.10.